The van der Waals surface area contributed by atoms with Crippen molar-refractivity contribution in [3.05, 3.63) is 0 Å². The fourth-order valence-corrected chi connectivity index (χ4v) is 1.68. The third kappa shape index (κ3) is 6.50. The second-order valence-electron chi connectivity index (χ2n) is 5.00. The van der Waals surface area contributed by atoms with Crippen LogP contribution < -0.4 is 5.32 Å². The van der Waals surface area contributed by atoms with Gasteiger partial charge in [-0.05, 0) is 44.6 Å². The molecule has 0 aromatic rings. The molecule has 3 nitrogen and oxygen atoms in total. The van der Waals surface area contributed by atoms with E-state index in [4.69, 9.17) is 4.74 Å². The molecule has 1 aliphatic carbocycles. The SMILES string of the molecule is CC(C)CC(C)OC(=O)CNCC1CC1. The summed E-state index contributed by atoms with van der Waals surface area (Å²) < 4.78 is 5.26. The Morgan fingerprint density at radius 1 is 1.40 bits per heavy atom. The highest BCUT2D eigenvalue weighted by atomic mass is 16.5. The van der Waals surface area contributed by atoms with Crippen molar-refractivity contribution in [3.63, 3.8) is 0 Å². The molecule has 0 spiro atoms. The average Bonchev–Trinajstić information content (AvgIpc) is 2.85. The maximum absolute atomic E-state index is 11.4. The van der Waals surface area contributed by atoms with Gasteiger partial charge in [0.2, 0.25) is 0 Å². The van der Waals surface area contributed by atoms with Gasteiger partial charge in [-0.1, -0.05) is 13.8 Å². The van der Waals surface area contributed by atoms with Crippen LogP contribution in [0.25, 0.3) is 0 Å². The molecule has 0 saturated heterocycles. The molecule has 1 N–H and O–H groups in total. The first-order chi connectivity index (χ1) is 7.08. The van der Waals surface area contributed by atoms with Crippen LogP contribution in [0.1, 0.15) is 40.0 Å². The first-order valence-electron chi connectivity index (χ1n) is 5.98. The quantitative estimate of drug-likeness (QED) is 0.657. The molecule has 0 radical (unpaired) electrons. The lowest BCUT2D eigenvalue weighted by atomic mass is 10.1. The van der Waals surface area contributed by atoms with Crippen molar-refractivity contribution in [2.75, 3.05) is 13.1 Å². The topological polar surface area (TPSA) is 38.3 Å². The van der Waals surface area contributed by atoms with E-state index in [1.54, 1.807) is 0 Å². The largest absolute Gasteiger partial charge is 0.462 e. The summed E-state index contributed by atoms with van der Waals surface area (Å²) in [6.07, 6.45) is 3.60. The molecule has 0 bridgehead atoms. The maximum Gasteiger partial charge on any atom is 0.320 e. The van der Waals surface area contributed by atoms with Gasteiger partial charge < -0.3 is 10.1 Å². The van der Waals surface area contributed by atoms with Gasteiger partial charge in [0.1, 0.15) is 0 Å². The van der Waals surface area contributed by atoms with Gasteiger partial charge in [-0.3, -0.25) is 4.79 Å². The molecule has 0 aliphatic heterocycles. The zero-order chi connectivity index (χ0) is 11.3. The summed E-state index contributed by atoms with van der Waals surface area (Å²) in [6, 6.07) is 0. The summed E-state index contributed by atoms with van der Waals surface area (Å²) in [4.78, 5) is 11.4. The Morgan fingerprint density at radius 3 is 2.60 bits per heavy atom. The molecule has 1 atom stereocenters. The van der Waals surface area contributed by atoms with Gasteiger partial charge in [-0.15, -0.1) is 0 Å². The van der Waals surface area contributed by atoms with Crippen molar-refractivity contribution < 1.29 is 9.53 Å². The van der Waals surface area contributed by atoms with E-state index in [9.17, 15) is 4.79 Å². The number of hydrogen-bond acceptors (Lipinski definition) is 3. The van der Waals surface area contributed by atoms with Crippen LogP contribution in [0.3, 0.4) is 0 Å². The van der Waals surface area contributed by atoms with Crippen LogP contribution in [0.4, 0.5) is 0 Å². The highest BCUT2D eigenvalue weighted by molar-refractivity contribution is 5.71. The standard InChI is InChI=1S/C12H23NO2/c1-9(2)6-10(3)15-12(14)8-13-7-11-4-5-11/h9-11,13H,4-8H2,1-3H3. The highest BCUT2D eigenvalue weighted by Gasteiger charge is 2.21. The molecular formula is C12H23NO2. The number of rotatable bonds is 7. The molecule has 1 saturated carbocycles. The third-order valence-electron chi connectivity index (χ3n) is 2.54. The molecule has 1 unspecified atom stereocenters. The molecule has 1 aliphatic rings. The van der Waals surface area contributed by atoms with Gasteiger partial charge in [0, 0.05) is 0 Å². The van der Waals surface area contributed by atoms with Crippen molar-refractivity contribution in [3.8, 4) is 0 Å². The summed E-state index contributed by atoms with van der Waals surface area (Å²) in [6.45, 7) is 7.55. The summed E-state index contributed by atoms with van der Waals surface area (Å²) in [7, 11) is 0. The van der Waals surface area contributed by atoms with Crippen LogP contribution in [0.5, 0.6) is 0 Å². The molecule has 15 heavy (non-hydrogen) atoms. The van der Waals surface area contributed by atoms with Crippen LogP contribution in [0, 0.1) is 11.8 Å². The van der Waals surface area contributed by atoms with E-state index in [-0.39, 0.29) is 12.1 Å². The first-order valence-corrected chi connectivity index (χ1v) is 5.98. The van der Waals surface area contributed by atoms with Crippen LogP contribution in [-0.4, -0.2) is 25.2 Å². The Kier molecular flexibility index (Phi) is 5.09. The number of hydrogen-bond donors (Lipinski definition) is 1. The zero-order valence-electron chi connectivity index (χ0n) is 10.1. The van der Waals surface area contributed by atoms with Crippen LogP contribution in [-0.2, 0) is 9.53 Å². The van der Waals surface area contributed by atoms with E-state index in [2.05, 4.69) is 19.2 Å². The van der Waals surface area contributed by atoms with Gasteiger partial charge >= 0.3 is 5.97 Å². The Bertz CT molecular complexity index is 200. The van der Waals surface area contributed by atoms with Gasteiger partial charge in [0.15, 0.2) is 0 Å². The van der Waals surface area contributed by atoms with Crippen molar-refractivity contribution in [2.24, 2.45) is 11.8 Å². The van der Waals surface area contributed by atoms with Gasteiger partial charge in [0.05, 0.1) is 12.6 Å². The molecule has 0 heterocycles. The zero-order valence-corrected chi connectivity index (χ0v) is 10.1. The Hall–Kier alpha value is -0.570. The van der Waals surface area contributed by atoms with Crippen molar-refractivity contribution in [1.29, 1.82) is 0 Å². The molecule has 88 valence electrons. The summed E-state index contributed by atoms with van der Waals surface area (Å²) in [5, 5.41) is 3.13. The van der Waals surface area contributed by atoms with E-state index in [0.717, 1.165) is 18.9 Å². The van der Waals surface area contributed by atoms with Crippen LogP contribution in [0.2, 0.25) is 0 Å². The summed E-state index contributed by atoms with van der Waals surface area (Å²) in [5.41, 5.74) is 0. The maximum atomic E-state index is 11.4. The minimum atomic E-state index is -0.121. The monoisotopic (exact) mass is 213 g/mol. The lowest BCUT2D eigenvalue weighted by Crippen LogP contribution is -2.29. The van der Waals surface area contributed by atoms with E-state index >= 15 is 0 Å². The molecule has 0 amide bonds. The molecule has 1 fully saturated rings. The number of ether oxygens (including phenoxy) is 1. The molecule has 0 aromatic carbocycles. The second kappa shape index (κ2) is 6.11. The minimum Gasteiger partial charge on any atom is -0.462 e. The average molecular weight is 213 g/mol. The Balaban J connectivity index is 2.00. The summed E-state index contributed by atoms with van der Waals surface area (Å²) >= 11 is 0. The fourth-order valence-electron chi connectivity index (χ4n) is 1.68. The number of esters is 1. The van der Waals surface area contributed by atoms with E-state index in [0.29, 0.717) is 12.5 Å². The van der Waals surface area contributed by atoms with Gasteiger partial charge in [-0.25, -0.2) is 0 Å². The highest BCUT2D eigenvalue weighted by Crippen LogP contribution is 2.27. The van der Waals surface area contributed by atoms with Crippen LogP contribution >= 0.6 is 0 Å². The van der Waals surface area contributed by atoms with Gasteiger partial charge in [-0.2, -0.15) is 0 Å². The Labute approximate surface area is 92.6 Å². The normalized spacial score (nSPS) is 17.9. The van der Waals surface area contributed by atoms with E-state index in [1.165, 1.54) is 12.8 Å². The molecule has 1 rings (SSSR count). The number of nitrogens with one attached hydrogen (secondary N) is 1. The number of carbonyl (C=O) groups is 1. The van der Waals surface area contributed by atoms with Crippen molar-refractivity contribution in [1.82, 2.24) is 5.32 Å². The summed E-state index contributed by atoms with van der Waals surface area (Å²) in [5.74, 6) is 1.27. The Morgan fingerprint density at radius 2 is 2.07 bits per heavy atom. The third-order valence-corrected chi connectivity index (χ3v) is 2.54. The van der Waals surface area contributed by atoms with Gasteiger partial charge in [0.25, 0.3) is 0 Å². The first kappa shape index (κ1) is 12.5. The molecule has 0 aromatic heterocycles. The van der Waals surface area contributed by atoms with E-state index in [1.807, 2.05) is 6.92 Å². The van der Waals surface area contributed by atoms with Crippen LogP contribution in [0.15, 0.2) is 0 Å². The number of carbonyl (C=O) groups excluding carboxylic acids is 1. The fraction of sp³-hybridized carbons (Fsp3) is 0.917. The lowest BCUT2D eigenvalue weighted by molar-refractivity contribution is -0.147. The lowest BCUT2D eigenvalue weighted by Gasteiger charge is -2.15. The molecular weight excluding hydrogens is 190 g/mol. The second-order valence-corrected chi connectivity index (χ2v) is 5.00. The molecule has 3 heteroatoms. The van der Waals surface area contributed by atoms with Crippen molar-refractivity contribution in [2.45, 2.75) is 46.1 Å². The predicted octanol–water partition coefficient (Wildman–Crippen LogP) is 1.96. The smallest absolute Gasteiger partial charge is 0.320 e. The minimum absolute atomic E-state index is 0.0419. The predicted molar refractivity (Wildman–Crippen MR) is 60.6 cm³/mol. The van der Waals surface area contributed by atoms with Crippen molar-refractivity contribution >= 4 is 5.97 Å². The van der Waals surface area contributed by atoms with E-state index < -0.39 is 0 Å².